The van der Waals surface area contributed by atoms with Gasteiger partial charge in [0.1, 0.15) is 0 Å². The third-order valence-electron chi connectivity index (χ3n) is 9.55. The number of nitrogens with one attached hydrogen (secondary N) is 1. The average molecular weight is 714 g/mol. The normalized spacial score (nSPS) is 12.3. The van der Waals surface area contributed by atoms with E-state index in [4.69, 9.17) is 0 Å². The van der Waals surface area contributed by atoms with Crippen molar-refractivity contribution in [2.24, 2.45) is 0 Å². The summed E-state index contributed by atoms with van der Waals surface area (Å²) in [7, 11) is 2.10. The molecule has 0 spiro atoms. The molecular formula is C41H84AsNOS. The van der Waals surface area contributed by atoms with Gasteiger partial charge in [0.2, 0.25) is 0 Å². The predicted octanol–water partition coefficient (Wildman–Crippen LogP) is 14.8. The Kier molecular flexibility index (Phi) is 39.1. The number of carbonyl (C=O) groups is 1. The minimum absolute atomic E-state index is 0.145. The van der Waals surface area contributed by atoms with Crippen molar-refractivity contribution in [3.8, 4) is 0 Å². The zero-order valence-electron chi connectivity index (χ0n) is 31.6. The summed E-state index contributed by atoms with van der Waals surface area (Å²) >= 11 is -0.981. The second kappa shape index (κ2) is 38.8. The molecule has 0 aliphatic carbocycles. The molecular weight excluding hydrogens is 629 g/mol. The van der Waals surface area contributed by atoms with Crippen LogP contribution in [0.15, 0.2) is 0 Å². The zero-order valence-corrected chi connectivity index (χ0v) is 34.3. The number of amides is 1. The molecule has 0 saturated carbocycles. The van der Waals surface area contributed by atoms with Crippen molar-refractivity contribution in [3.63, 3.8) is 0 Å². The Morgan fingerprint density at radius 1 is 0.444 bits per heavy atom. The van der Waals surface area contributed by atoms with Crippen LogP contribution in [0.3, 0.4) is 0 Å². The number of hydrogen-bond acceptors (Lipinski definition) is 2. The van der Waals surface area contributed by atoms with Gasteiger partial charge in [-0.2, -0.15) is 0 Å². The molecule has 0 aliphatic rings. The molecule has 0 aromatic heterocycles. The second-order valence-electron chi connectivity index (χ2n) is 14.2. The van der Waals surface area contributed by atoms with Crippen LogP contribution in [0.25, 0.3) is 0 Å². The first-order valence-corrected chi connectivity index (χ1v) is 26.6. The van der Waals surface area contributed by atoms with Crippen molar-refractivity contribution >= 4 is 29.4 Å². The van der Waals surface area contributed by atoms with Gasteiger partial charge in [-0.05, 0) is 0 Å². The average Bonchev–Trinajstić information content (AvgIpc) is 3.04. The number of unbranched alkanes of at least 4 members (excludes halogenated alkanes) is 30. The quantitative estimate of drug-likeness (QED) is 0.0510. The molecule has 0 aromatic rings. The predicted molar refractivity (Wildman–Crippen MR) is 210 cm³/mol. The molecule has 0 bridgehead atoms. The van der Waals surface area contributed by atoms with E-state index in [0.29, 0.717) is 0 Å². The van der Waals surface area contributed by atoms with E-state index in [1.54, 1.807) is 0 Å². The second-order valence-corrected chi connectivity index (χ2v) is 23.0. The molecule has 1 N–H and O–H groups in total. The van der Waals surface area contributed by atoms with Gasteiger partial charge in [-0.25, -0.2) is 0 Å². The van der Waals surface area contributed by atoms with Crippen LogP contribution >= 0.6 is 10.0 Å². The maximum atomic E-state index is 12.4. The molecule has 0 radical (unpaired) electrons. The minimum atomic E-state index is -0.981. The van der Waals surface area contributed by atoms with Crippen LogP contribution in [0.4, 0.5) is 0 Å². The standard InChI is InChI=1S/C41H84AsNOS/c1-5-8-10-12-14-16-18-20-22-24-26-28-30-32-34-36-38-42(45-40(4)41(44)43-7-3)39-37-35-33-31-29-27-25-23-21-19-17-15-13-11-9-6-2/h40H,5-39H2,1-4H3,(H,43,44). The van der Waals surface area contributed by atoms with Gasteiger partial charge >= 0.3 is 217 Å². The van der Waals surface area contributed by atoms with Crippen LogP contribution in [-0.4, -0.2) is 31.2 Å². The molecule has 45 heavy (non-hydrogen) atoms. The van der Waals surface area contributed by atoms with Crippen LogP contribution in [0.2, 0.25) is 10.4 Å². The van der Waals surface area contributed by atoms with Crippen molar-refractivity contribution in [1.82, 2.24) is 5.32 Å². The summed E-state index contributed by atoms with van der Waals surface area (Å²) in [6, 6.07) is 0. The van der Waals surface area contributed by atoms with Crippen molar-refractivity contribution in [2.75, 3.05) is 6.54 Å². The first kappa shape index (κ1) is 45.4. The fourth-order valence-electron chi connectivity index (χ4n) is 6.48. The molecule has 0 aliphatic heterocycles. The van der Waals surface area contributed by atoms with E-state index >= 15 is 0 Å². The third-order valence-corrected chi connectivity index (χ3v) is 19.6. The zero-order chi connectivity index (χ0) is 32.9. The van der Waals surface area contributed by atoms with Crippen molar-refractivity contribution in [1.29, 1.82) is 0 Å². The Bertz CT molecular complexity index is 538. The summed E-state index contributed by atoms with van der Waals surface area (Å²) in [6.45, 7) is 9.56. The van der Waals surface area contributed by atoms with Crippen LogP contribution < -0.4 is 5.32 Å². The fraction of sp³-hybridized carbons (Fsp3) is 0.976. The van der Waals surface area contributed by atoms with E-state index in [2.05, 4.69) is 36.1 Å². The molecule has 0 saturated heterocycles. The summed E-state index contributed by atoms with van der Waals surface area (Å²) < 4.78 is 0. The third kappa shape index (κ3) is 35.5. The van der Waals surface area contributed by atoms with E-state index in [1.165, 1.54) is 216 Å². The molecule has 1 atom stereocenters. The molecule has 4 heteroatoms. The van der Waals surface area contributed by atoms with Gasteiger partial charge in [-0.1, -0.05) is 78.1 Å². The van der Waals surface area contributed by atoms with E-state index in [-0.39, 0.29) is 11.2 Å². The molecule has 270 valence electrons. The summed E-state index contributed by atoms with van der Waals surface area (Å²) in [5.41, 5.74) is 0. The van der Waals surface area contributed by atoms with E-state index in [0.717, 1.165) is 6.54 Å². The molecule has 0 aromatic carbocycles. The maximum absolute atomic E-state index is 12.4. The molecule has 2 nitrogen and oxygen atoms in total. The number of rotatable bonds is 38. The Hall–Kier alpha value is 0.378. The van der Waals surface area contributed by atoms with Gasteiger partial charge in [0, 0.05) is 0 Å². The van der Waals surface area contributed by atoms with Gasteiger partial charge in [0.05, 0.1) is 0 Å². The Morgan fingerprint density at radius 3 is 0.933 bits per heavy atom. The Balaban J connectivity index is 3.82. The van der Waals surface area contributed by atoms with Crippen LogP contribution in [0.1, 0.15) is 233 Å². The van der Waals surface area contributed by atoms with E-state index < -0.39 is 13.5 Å². The van der Waals surface area contributed by atoms with E-state index in [9.17, 15) is 4.79 Å². The van der Waals surface area contributed by atoms with E-state index in [1.807, 2.05) is 6.92 Å². The molecule has 0 rings (SSSR count). The fourth-order valence-corrected chi connectivity index (χ4v) is 16.3. The Labute approximate surface area is 293 Å². The van der Waals surface area contributed by atoms with Crippen molar-refractivity contribution in [3.05, 3.63) is 0 Å². The topological polar surface area (TPSA) is 29.1 Å². The molecule has 0 fully saturated rings. The van der Waals surface area contributed by atoms with Gasteiger partial charge in [0.15, 0.2) is 0 Å². The number of carbonyl (C=O) groups excluding carboxylic acids is 1. The van der Waals surface area contributed by atoms with Gasteiger partial charge < -0.3 is 0 Å². The van der Waals surface area contributed by atoms with Gasteiger partial charge in [-0.15, -0.1) is 0 Å². The molecule has 0 heterocycles. The number of hydrogen-bond donors (Lipinski definition) is 1. The Morgan fingerprint density at radius 2 is 0.689 bits per heavy atom. The van der Waals surface area contributed by atoms with Gasteiger partial charge in [0.25, 0.3) is 0 Å². The van der Waals surface area contributed by atoms with Crippen molar-refractivity contribution < 1.29 is 4.79 Å². The summed E-state index contributed by atoms with van der Waals surface area (Å²) in [5, 5.41) is 6.09. The van der Waals surface area contributed by atoms with Gasteiger partial charge in [-0.3, -0.25) is 0 Å². The summed E-state index contributed by atoms with van der Waals surface area (Å²) in [5.74, 6) is 0.265. The summed E-state index contributed by atoms with van der Waals surface area (Å²) in [4.78, 5) is 12.4. The van der Waals surface area contributed by atoms with Crippen LogP contribution in [0, 0.1) is 0 Å². The SMILES string of the molecule is CCCCCCCCCCCCCCCCCC[As](CCCCCCCCCCCCCCCCCC)SC(C)C(=O)NCC. The summed E-state index contributed by atoms with van der Waals surface area (Å²) in [6.07, 6.45) is 46.1. The van der Waals surface area contributed by atoms with Crippen molar-refractivity contribution in [2.45, 2.75) is 249 Å². The molecule has 1 amide bonds. The molecule has 1 unspecified atom stereocenters. The van der Waals surface area contributed by atoms with Crippen LogP contribution in [-0.2, 0) is 4.79 Å². The van der Waals surface area contributed by atoms with Crippen LogP contribution in [0.5, 0.6) is 0 Å². The first-order valence-electron chi connectivity index (χ1n) is 20.8. The first-order chi connectivity index (χ1) is 22.2. The monoisotopic (exact) mass is 714 g/mol.